The van der Waals surface area contributed by atoms with Crippen LogP contribution < -0.4 is 18.9 Å². The van der Waals surface area contributed by atoms with Gasteiger partial charge in [-0.05, 0) is 110 Å². The zero-order valence-corrected chi connectivity index (χ0v) is 44.7. The van der Waals surface area contributed by atoms with Crippen molar-refractivity contribution in [1.29, 1.82) is 0 Å². The van der Waals surface area contributed by atoms with Crippen molar-refractivity contribution >= 4 is 41.1 Å². The third-order valence-electron chi connectivity index (χ3n) is 16.4. The number of esters is 2. The Morgan fingerprint density at radius 1 is 0.870 bits per heavy atom. The zero-order chi connectivity index (χ0) is 55.2. The summed E-state index contributed by atoms with van der Waals surface area (Å²) in [6.07, 6.45) is 3.13. The van der Waals surface area contributed by atoms with Gasteiger partial charge in [0.25, 0.3) is 0 Å². The van der Waals surface area contributed by atoms with Crippen LogP contribution in [0, 0.1) is 23.7 Å². The summed E-state index contributed by atoms with van der Waals surface area (Å²) in [7, 11) is 1.25. The number of benzene rings is 3. The molecule has 0 amide bonds. The molecule has 4 aliphatic heterocycles. The summed E-state index contributed by atoms with van der Waals surface area (Å²) >= 11 is 0. The molecule has 3 aromatic rings. The van der Waals surface area contributed by atoms with Crippen molar-refractivity contribution < 1.29 is 77.9 Å². The average Bonchev–Trinajstić information content (AvgIpc) is 3.88. The quantitative estimate of drug-likeness (QED) is 0.0450. The maximum Gasteiger partial charge on any atom is 0.343 e. The van der Waals surface area contributed by atoms with E-state index in [-0.39, 0.29) is 82.0 Å². The highest BCUT2D eigenvalue weighted by Gasteiger charge is 2.77. The van der Waals surface area contributed by atoms with Crippen LogP contribution in [0.5, 0.6) is 23.0 Å². The summed E-state index contributed by atoms with van der Waals surface area (Å²) in [5, 5.41) is 54.9. The van der Waals surface area contributed by atoms with Crippen LogP contribution >= 0.6 is 0 Å². The predicted octanol–water partition coefficient (Wildman–Crippen LogP) is 7.72. The first-order valence-electron chi connectivity index (χ1n) is 26.3. The van der Waals surface area contributed by atoms with Gasteiger partial charge in [0.2, 0.25) is 6.29 Å². The second-order valence-electron chi connectivity index (χ2n) is 22.3. The van der Waals surface area contributed by atoms with E-state index < -0.39 is 89.6 Å². The number of Topliss-reactive ketones (excluding diaryl/α,β-unsaturated/α-hetero) is 2. The smallest absolute Gasteiger partial charge is 0.343 e. The highest BCUT2D eigenvalue weighted by Crippen LogP contribution is 2.71. The minimum atomic E-state index is -2.36. The molecule has 3 saturated carbocycles. The summed E-state index contributed by atoms with van der Waals surface area (Å²) in [5.41, 5.74) is -0.217. The van der Waals surface area contributed by atoms with Crippen molar-refractivity contribution in [3.05, 3.63) is 134 Å². The summed E-state index contributed by atoms with van der Waals surface area (Å²) in [4.78, 5) is 58.4. The van der Waals surface area contributed by atoms with Gasteiger partial charge in [-0.15, -0.1) is 0 Å². The number of carbonyl (C=O) groups is 4. The van der Waals surface area contributed by atoms with Gasteiger partial charge in [0.05, 0.1) is 30.4 Å². The lowest BCUT2D eigenvalue weighted by Gasteiger charge is -2.65. The second-order valence-corrected chi connectivity index (χ2v) is 22.3. The van der Waals surface area contributed by atoms with Gasteiger partial charge in [-0.25, -0.2) is 9.59 Å². The Bertz CT molecular complexity index is 3160. The Morgan fingerprint density at radius 2 is 1.57 bits per heavy atom. The highest BCUT2D eigenvalue weighted by molar-refractivity contribution is 6.22. The first-order chi connectivity index (χ1) is 36.6. The molecular weight excluding hydrogens is 989 g/mol. The molecule has 406 valence electrons. The molecule has 4 aliphatic carbocycles. The number of hydrogen-bond acceptors (Lipinski definition) is 16. The van der Waals surface area contributed by atoms with Crippen LogP contribution in [0.1, 0.15) is 124 Å². The molecule has 6 unspecified atom stereocenters. The van der Waals surface area contributed by atoms with Crippen molar-refractivity contribution in [1.82, 2.24) is 0 Å². The molecule has 11 atom stereocenters. The SMILES string of the molecule is COC(=O)/C(C)=C\CC1(O)C(=O)C2CC(C(C)C)C13Oc1c(CC=C(C)C)c4c(c(OC(=O)c5ccc(O[C@@H]6O[C@H](CO)[C@@H](O)[C@H](O)[C@H]6O)cc5)c1C1=C3C2C2=C(O1)c1ccccc1C2=O)C=CC(C)(CCC=C(C)C)O4. The predicted molar refractivity (Wildman–Crippen MR) is 281 cm³/mol. The van der Waals surface area contributed by atoms with Crippen LogP contribution in [0.2, 0.25) is 0 Å². The standard InChI is InChI=1S/C61H66O16/c1-29(2)13-12-24-59(8)25-23-38-50(76-59)37(21-16-30(3)4)53-44(52(38)75-57(69)33-17-19-34(20-18-33)72-58-49(66)48(65)47(64)41(28-62)73-58)54-45-42(43-46(63)35-14-10-11-15-36(35)51(43)74-54)39-27-40(31(5)6)61(45,77-53)60(70,55(39)67)26-22-32(7)56(68)71-9/h10-11,13-20,22-23,25,31,39-42,47-49,58,62,64-66,70H,12,21,24,26-28H2,1-9H3/b32-22-/t39?,40?,41-,42?,47-,48+,49-,58-,59?,60?,61?/m1/s1. The largest absolute Gasteiger partial charge is 0.482 e. The van der Waals surface area contributed by atoms with E-state index in [9.17, 15) is 39.9 Å². The molecule has 8 aliphatic rings. The van der Waals surface area contributed by atoms with Crippen molar-refractivity contribution in [3.63, 3.8) is 0 Å². The average molecular weight is 1060 g/mol. The topological polar surface area (TPSA) is 234 Å². The van der Waals surface area contributed by atoms with Crippen molar-refractivity contribution in [2.24, 2.45) is 23.7 Å². The molecule has 2 bridgehead atoms. The molecule has 0 radical (unpaired) electrons. The van der Waals surface area contributed by atoms with Crippen LogP contribution in [0.15, 0.2) is 101 Å². The fraction of sp³-hybridized carbons (Fsp3) is 0.443. The fourth-order valence-corrected chi connectivity index (χ4v) is 12.4. The Labute approximate surface area is 446 Å². The lowest BCUT2D eigenvalue weighted by molar-refractivity contribution is -0.277. The number of ketones is 2. The molecule has 1 saturated heterocycles. The van der Waals surface area contributed by atoms with E-state index in [0.717, 1.165) is 11.1 Å². The third-order valence-corrected chi connectivity index (χ3v) is 16.4. The van der Waals surface area contributed by atoms with Gasteiger partial charge in [0.15, 0.2) is 28.5 Å². The number of aliphatic hydroxyl groups is 5. The van der Waals surface area contributed by atoms with Crippen molar-refractivity contribution in [2.45, 2.75) is 135 Å². The number of aliphatic hydroxyl groups excluding tert-OH is 4. The van der Waals surface area contributed by atoms with Gasteiger partial charge < -0.3 is 58.7 Å². The monoisotopic (exact) mass is 1050 g/mol. The number of carbonyl (C=O) groups excluding carboxylic acids is 4. The van der Waals surface area contributed by atoms with Crippen LogP contribution in [0.25, 0.3) is 17.6 Å². The molecule has 4 fully saturated rings. The van der Waals surface area contributed by atoms with E-state index in [4.69, 9.17) is 33.2 Å². The van der Waals surface area contributed by atoms with E-state index >= 15 is 4.79 Å². The first kappa shape index (κ1) is 53.7. The normalized spacial score (nSPS) is 30.2. The van der Waals surface area contributed by atoms with Crippen LogP contribution in [0.3, 0.4) is 0 Å². The number of methoxy groups -OCH3 is 1. The number of rotatable bonds is 14. The summed E-state index contributed by atoms with van der Waals surface area (Å²) in [6, 6.07) is 12.8. The van der Waals surface area contributed by atoms with E-state index in [2.05, 4.69) is 6.08 Å². The summed E-state index contributed by atoms with van der Waals surface area (Å²) in [5.74, 6) is -4.09. The molecule has 77 heavy (non-hydrogen) atoms. The molecule has 16 nitrogen and oxygen atoms in total. The van der Waals surface area contributed by atoms with Gasteiger partial charge in [-0.2, -0.15) is 0 Å². The van der Waals surface area contributed by atoms with Crippen LogP contribution in [-0.4, -0.2) is 110 Å². The van der Waals surface area contributed by atoms with Crippen LogP contribution in [0.4, 0.5) is 0 Å². The lowest BCUT2D eigenvalue weighted by atomic mass is 9.43. The Morgan fingerprint density at radius 3 is 2.23 bits per heavy atom. The maximum atomic E-state index is 15.7. The zero-order valence-electron chi connectivity index (χ0n) is 44.7. The van der Waals surface area contributed by atoms with Gasteiger partial charge in [-0.3, -0.25) is 9.59 Å². The number of allylic oxidation sites excluding steroid dienone is 5. The van der Waals surface area contributed by atoms with Crippen LogP contribution in [-0.2, 0) is 30.2 Å². The molecule has 4 heterocycles. The van der Waals surface area contributed by atoms with Gasteiger partial charge in [-0.1, -0.05) is 67.5 Å². The maximum absolute atomic E-state index is 15.7. The van der Waals surface area contributed by atoms with Crippen molar-refractivity contribution in [2.75, 3.05) is 13.7 Å². The molecule has 11 rings (SSSR count). The van der Waals surface area contributed by atoms with E-state index in [0.29, 0.717) is 46.4 Å². The van der Waals surface area contributed by atoms with Gasteiger partial charge in [0.1, 0.15) is 64.3 Å². The number of ether oxygens (including phenoxy) is 7. The minimum Gasteiger partial charge on any atom is -0.482 e. The first-order valence-corrected chi connectivity index (χ1v) is 26.3. The molecule has 5 N–H and O–H groups in total. The highest BCUT2D eigenvalue weighted by atomic mass is 16.7. The van der Waals surface area contributed by atoms with E-state index in [1.807, 2.05) is 66.7 Å². The minimum absolute atomic E-state index is 0.0122. The second kappa shape index (κ2) is 20.0. The molecule has 3 aromatic carbocycles. The number of hydrogen-bond donors (Lipinski definition) is 5. The van der Waals surface area contributed by atoms with Crippen molar-refractivity contribution in [3.8, 4) is 23.0 Å². The van der Waals surface area contributed by atoms with Gasteiger partial charge >= 0.3 is 11.9 Å². The van der Waals surface area contributed by atoms with Gasteiger partial charge in [0, 0.05) is 52.0 Å². The molecule has 1 spiro atoms. The molecular formula is C61H66O16. The van der Waals surface area contributed by atoms with E-state index in [1.54, 1.807) is 31.2 Å². The summed E-state index contributed by atoms with van der Waals surface area (Å²) in [6.45, 7) is 14.8. The molecule has 0 aromatic heterocycles. The lowest BCUT2D eigenvalue weighted by Crippen LogP contribution is -2.78. The Kier molecular flexibility index (Phi) is 13.9. The van der Waals surface area contributed by atoms with E-state index in [1.165, 1.54) is 37.5 Å². The summed E-state index contributed by atoms with van der Waals surface area (Å²) < 4.78 is 45.3. The number of fused-ring (bicyclic) bond motifs is 7. The Balaban J connectivity index is 1.21. The fourth-order valence-electron chi connectivity index (χ4n) is 12.4. The Hall–Kier alpha value is -6.66. The molecule has 16 heteroatoms. The third kappa shape index (κ3) is 8.59.